The van der Waals surface area contributed by atoms with Crippen LogP contribution in [0, 0.1) is 20.8 Å². The first-order chi connectivity index (χ1) is 18.7. The molecule has 0 saturated carbocycles. The van der Waals surface area contributed by atoms with E-state index >= 15 is 0 Å². The second-order valence-electron chi connectivity index (χ2n) is 7.91. The second-order valence-corrected chi connectivity index (χ2v) is 7.91. The molecule has 0 amide bonds. The SMILES string of the molecule is O=C(CCN([O-])O)OCC1OC(O)C(OC(=O)CCN([O-])O)C(OC(=O)CCN([O-])O)C1OC(=O)CCN([O-])O. The quantitative estimate of drug-likeness (QED) is 0.0655. The van der Waals surface area contributed by atoms with Crippen molar-refractivity contribution < 1.29 is 68.8 Å². The van der Waals surface area contributed by atoms with E-state index < -0.39 is 134 Å². The Bertz CT molecular complexity index is 814. The number of aliphatic hydroxyl groups excluding tert-OH is 1. The standard InChI is InChI=1S/C18H28N4O18/c23-11(1-5-19(28)29)36-9-10-15(38-12(24)2-6-20(30)31)16(39-13(25)3-7-21(32)33)17(18(27)37-10)40-14(26)4-8-22(34)35/h10,15-18,27-28,30,32,34H,1-9H2/q-4. The molecule has 5 atom stereocenters. The molecule has 1 heterocycles. The number of ether oxygens (including phenoxy) is 5. The molecule has 232 valence electrons. The fraction of sp³-hybridized carbons (Fsp3) is 0.778. The van der Waals surface area contributed by atoms with E-state index in [0.29, 0.717) is 0 Å². The lowest BCUT2D eigenvalue weighted by Gasteiger charge is -2.43. The van der Waals surface area contributed by atoms with Crippen molar-refractivity contribution in [3.63, 3.8) is 0 Å². The van der Waals surface area contributed by atoms with Gasteiger partial charge in [0.25, 0.3) is 0 Å². The molecular formula is C18H28N4O18-4. The number of hydroxylamine groups is 8. The van der Waals surface area contributed by atoms with Crippen LogP contribution in [0.5, 0.6) is 0 Å². The number of hydrogen-bond donors (Lipinski definition) is 5. The predicted molar refractivity (Wildman–Crippen MR) is 117 cm³/mol. The minimum atomic E-state index is -2.17. The van der Waals surface area contributed by atoms with Crippen molar-refractivity contribution >= 4 is 23.9 Å². The zero-order valence-corrected chi connectivity index (χ0v) is 20.6. The van der Waals surface area contributed by atoms with E-state index in [1.807, 2.05) is 0 Å². The van der Waals surface area contributed by atoms with Gasteiger partial charge in [0.1, 0.15) is 12.7 Å². The van der Waals surface area contributed by atoms with E-state index in [1.54, 1.807) is 0 Å². The van der Waals surface area contributed by atoms with Gasteiger partial charge in [-0.3, -0.25) is 40.1 Å². The van der Waals surface area contributed by atoms with Crippen molar-refractivity contribution in [2.45, 2.75) is 56.4 Å². The molecule has 1 aliphatic rings. The topological polar surface area (TPSA) is 321 Å². The highest BCUT2D eigenvalue weighted by Crippen LogP contribution is 2.29. The molecule has 22 nitrogen and oxygen atoms in total. The lowest BCUT2D eigenvalue weighted by Crippen LogP contribution is -2.62. The maximum Gasteiger partial charge on any atom is 0.307 e. The molecule has 0 bridgehead atoms. The Labute approximate surface area is 224 Å². The minimum Gasteiger partial charge on any atom is -0.762 e. The molecule has 0 radical (unpaired) electrons. The highest BCUT2D eigenvalue weighted by molar-refractivity contribution is 5.72. The number of esters is 4. The third-order valence-electron chi connectivity index (χ3n) is 4.85. The molecule has 40 heavy (non-hydrogen) atoms. The maximum atomic E-state index is 12.3. The van der Waals surface area contributed by atoms with Gasteiger partial charge in [-0.25, -0.2) is 0 Å². The van der Waals surface area contributed by atoms with Crippen LogP contribution < -0.4 is 0 Å². The average Bonchev–Trinajstić information content (AvgIpc) is 2.86. The molecule has 0 aromatic carbocycles. The third-order valence-corrected chi connectivity index (χ3v) is 4.85. The Morgan fingerprint density at radius 3 is 1.35 bits per heavy atom. The lowest BCUT2D eigenvalue weighted by atomic mass is 9.98. The number of carbonyl (C=O) groups is 4. The summed E-state index contributed by atoms with van der Waals surface area (Å²) in [5.74, 6) is -4.80. The molecule has 0 aliphatic carbocycles. The summed E-state index contributed by atoms with van der Waals surface area (Å²) in [7, 11) is 0. The molecule has 22 heteroatoms. The highest BCUT2D eigenvalue weighted by atomic mass is 16.8. The Kier molecular flexibility index (Phi) is 15.8. The zero-order valence-electron chi connectivity index (χ0n) is 20.6. The Hall–Kier alpha value is -2.68. The summed E-state index contributed by atoms with van der Waals surface area (Å²) >= 11 is 0. The summed E-state index contributed by atoms with van der Waals surface area (Å²) in [6, 6.07) is 0. The molecule has 0 aromatic rings. The fourth-order valence-electron chi connectivity index (χ4n) is 3.06. The maximum absolute atomic E-state index is 12.3. The third kappa shape index (κ3) is 14.1. The number of carbonyl (C=O) groups excluding carboxylic acids is 4. The van der Waals surface area contributed by atoms with Crippen molar-refractivity contribution in [1.29, 1.82) is 0 Å². The largest absolute Gasteiger partial charge is 0.762 e. The van der Waals surface area contributed by atoms with E-state index in [-0.39, 0.29) is 0 Å². The summed E-state index contributed by atoms with van der Waals surface area (Å²) in [6.07, 6.45) is -12.6. The van der Waals surface area contributed by atoms with Gasteiger partial charge in [-0.2, -0.15) is 0 Å². The van der Waals surface area contributed by atoms with E-state index in [2.05, 4.69) is 0 Å². The van der Waals surface area contributed by atoms with Gasteiger partial charge >= 0.3 is 23.9 Å². The average molecular weight is 588 g/mol. The van der Waals surface area contributed by atoms with Crippen LogP contribution in [-0.4, -0.2) is 134 Å². The first-order valence-corrected chi connectivity index (χ1v) is 11.3. The van der Waals surface area contributed by atoms with Crippen molar-refractivity contribution in [2.24, 2.45) is 0 Å². The molecule has 0 spiro atoms. The molecule has 5 N–H and O–H groups in total. The molecule has 1 rings (SSSR count). The Morgan fingerprint density at radius 2 is 0.950 bits per heavy atom. The summed E-state index contributed by atoms with van der Waals surface area (Å²) < 4.78 is 25.4. The summed E-state index contributed by atoms with van der Waals surface area (Å²) in [5.41, 5.74) is 0. The molecule has 0 aromatic heterocycles. The van der Waals surface area contributed by atoms with E-state index in [4.69, 9.17) is 44.5 Å². The monoisotopic (exact) mass is 588 g/mol. The van der Waals surface area contributed by atoms with Crippen LogP contribution in [0.2, 0.25) is 0 Å². The Balaban J connectivity index is 3.24. The van der Waals surface area contributed by atoms with Crippen LogP contribution in [0.1, 0.15) is 25.7 Å². The van der Waals surface area contributed by atoms with Crippen molar-refractivity contribution in [1.82, 2.24) is 20.9 Å². The van der Waals surface area contributed by atoms with Gasteiger partial charge in [0.05, 0.1) is 25.7 Å². The van der Waals surface area contributed by atoms with Gasteiger partial charge in [-0.15, -0.1) is 0 Å². The Morgan fingerprint density at radius 1 is 0.600 bits per heavy atom. The molecule has 5 unspecified atom stereocenters. The van der Waals surface area contributed by atoms with Crippen molar-refractivity contribution in [3.8, 4) is 0 Å². The van der Waals surface area contributed by atoms with E-state index in [0.717, 1.165) is 0 Å². The summed E-state index contributed by atoms with van der Waals surface area (Å²) in [4.78, 5) is 48.7. The molecule has 1 aliphatic heterocycles. The first-order valence-electron chi connectivity index (χ1n) is 11.3. The van der Waals surface area contributed by atoms with Crippen molar-refractivity contribution in [3.05, 3.63) is 20.8 Å². The van der Waals surface area contributed by atoms with Crippen molar-refractivity contribution in [2.75, 3.05) is 32.8 Å². The normalized spacial score (nSPS) is 23.0. The van der Waals surface area contributed by atoms with Crippen LogP contribution >= 0.6 is 0 Å². The van der Waals surface area contributed by atoms with Gasteiger partial charge in [0, 0.05) is 26.2 Å². The highest BCUT2D eigenvalue weighted by Gasteiger charge is 2.52. The number of aliphatic hydroxyl groups is 1. The minimum absolute atomic E-state index is 0.556. The number of nitrogens with zero attached hydrogens (tertiary/aromatic N) is 4. The van der Waals surface area contributed by atoms with Crippen LogP contribution in [-0.2, 0) is 42.9 Å². The fourth-order valence-corrected chi connectivity index (χ4v) is 3.06. The molecular weight excluding hydrogens is 560 g/mol. The van der Waals surface area contributed by atoms with Gasteiger partial charge in [0.15, 0.2) is 24.6 Å². The van der Waals surface area contributed by atoms with Crippen LogP contribution in [0.4, 0.5) is 0 Å². The van der Waals surface area contributed by atoms with Gasteiger partial charge in [0.2, 0.25) is 0 Å². The first kappa shape index (κ1) is 35.3. The zero-order chi connectivity index (χ0) is 30.4. The summed E-state index contributed by atoms with van der Waals surface area (Å²) in [6.45, 7) is -3.89. The van der Waals surface area contributed by atoms with Gasteiger partial charge in [-0.05, 0) is 0 Å². The second kappa shape index (κ2) is 17.9. The van der Waals surface area contributed by atoms with Crippen LogP contribution in [0.15, 0.2) is 0 Å². The van der Waals surface area contributed by atoms with Crippen LogP contribution in [0.3, 0.4) is 0 Å². The van der Waals surface area contributed by atoms with E-state index in [1.165, 1.54) is 0 Å². The smallest absolute Gasteiger partial charge is 0.307 e. The summed E-state index contributed by atoms with van der Waals surface area (Å²) in [5, 5.41) is 85.6. The van der Waals surface area contributed by atoms with Crippen LogP contribution in [0.25, 0.3) is 0 Å². The molecule has 1 fully saturated rings. The number of hydrogen-bond acceptors (Lipinski definition) is 22. The lowest BCUT2D eigenvalue weighted by molar-refractivity contribution is -0.297. The predicted octanol–water partition coefficient (Wildman–Crippen LogP) is -2.70. The van der Waals surface area contributed by atoms with E-state index in [9.17, 15) is 45.1 Å². The molecule has 1 saturated heterocycles. The number of rotatable bonds is 17. The van der Waals surface area contributed by atoms with Gasteiger partial charge < -0.3 is 70.4 Å². The van der Waals surface area contributed by atoms with Gasteiger partial charge in [-0.1, -0.05) is 0 Å².